The Bertz CT molecular complexity index is 683. The van der Waals surface area contributed by atoms with Gasteiger partial charge in [0.2, 0.25) is 0 Å². The SMILES string of the molecule is CCC(C)CCOC(=O)c1ccc(OC(F)(F)F)c(S(C)(=O)=O)c1. The first-order valence-electron chi connectivity index (χ1n) is 7.21. The molecule has 0 bridgehead atoms. The Hall–Kier alpha value is -1.77. The average molecular weight is 368 g/mol. The standard InChI is InChI=1S/C15H19F3O5S/c1-4-10(2)7-8-22-14(19)11-5-6-12(23-15(16,17)18)13(9-11)24(3,20)21/h5-6,9-10H,4,7-8H2,1-3H3. The van der Waals surface area contributed by atoms with Gasteiger partial charge in [-0.2, -0.15) is 0 Å². The van der Waals surface area contributed by atoms with Gasteiger partial charge in [0, 0.05) is 6.26 Å². The summed E-state index contributed by atoms with van der Waals surface area (Å²) in [6.45, 7) is 4.12. The number of sulfone groups is 1. The van der Waals surface area contributed by atoms with E-state index in [4.69, 9.17) is 4.74 Å². The predicted molar refractivity (Wildman–Crippen MR) is 80.6 cm³/mol. The molecule has 1 aromatic carbocycles. The largest absolute Gasteiger partial charge is 0.573 e. The lowest BCUT2D eigenvalue weighted by Crippen LogP contribution is -2.19. The fourth-order valence-electron chi connectivity index (χ4n) is 1.77. The summed E-state index contributed by atoms with van der Waals surface area (Å²) in [7, 11) is -4.03. The predicted octanol–water partition coefficient (Wildman–Crippen LogP) is 3.58. The van der Waals surface area contributed by atoms with Crippen LogP contribution in [0, 0.1) is 5.92 Å². The molecular formula is C15H19F3O5S. The second-order valence-electron chi connectivity index (χ2n) is 5.42. The highest BCUT2D eigenvalue weighted by atomic mass is 32.2. The van der Waals surface area contributed by atoms with Gasteiger partial charge in [0.05, 0.1) is 12.2 Å². The van der Waals surface area contributed by atoms with Crippen LogP contribution >= 0.6 is 0 Å². The van der Waals surface area contributed by atoms with Crippen molar-refractivity contribution in [3.8, 4) is 5.75 Å². The van der Waals surface area contributed by atoms with Crippen molar-refractivity contribution in [1.29, 1.82) is 0 Å². The fourth-order valence-corrected chi connectivity index (χ4v) is 2.59. The number of halogens is 3. The smallest absolute Gasteiger partial charge is 0.462 e. The number of esters is 1. The maximum atomic E-state index is 12.3. The number of benzene rings is 1. The maximum absolute atomic E-state index is 12.3. The molecule has 1 rings (SSSR count). The third-order valence-corrected chi connectivity index (χ3v) is 4.46. The maximum Gasteiger partial charge on any atom is 0.573 e. The van der Waals surface area contributed by atoms with Crippen LogP contribution in [0.2, 0.25) is 0 Å². The number of ether oxygens (including phenoxy) is 2. The summed E-state index contributed by atoms with van der Waals surface area (Å²) in [5.74, 6) is -1.34. The van der Waals surface area contributed by atoms with Crippen molar-refractivity contribution in [2.75, 3.05) is 12.9 Å². The average Bonchev–Trinajstić information content (AvgIpc) is 2.44. The molecule has 0 N–H and O–H groups in total. The first-order valence-corrected chi connectivity index (χ1v) is 9.10. The van der Waals surface area contributed by atoms with Crippen LogP contribution in [0.15, 0.2) is 23.1 Å². The van der Waals surface area contributed by atoms with Gasteiger partial charge in [-0.3, -0.25) is 0 Å². The van der Waals surface area contributed by atoms with E-state index in [1.165, 1.54) is 0 Å². The summed E-state index contributed by atoms with van der Waals surface area (Å²) < 4.78 is 69.0. The monoisotopic (exact) mass is 368 g/mol. The van der Waals surface area contributed by atoms with Gasteiger partial charge in [-0.05, 0) is 30.5 Å². The highest BCUT2D eigenvalue weighted by Crippen LogP contribution is 2.30. The Morgan fingerprint density at radius 3 is 2.42 bits per heavy atom. The van der Waals surface area contributed by atoms with Gasteiger partial charge in [0.1, 0.15) is 10.6 Å². The van der Waals surface area contributed by atoms with Crippen LogP contribution in [0.3, 0.4) is 0 Å². The number of alkyl halides is 3. The van der Waals surface area contributed by atoms with Crippen LogP contribution < -0.4 is 4.74 Å². The van der Waals surface area contributed by atoms with Crippen LogP contribution in [0.4, 0.5) is 13.2 Å². The molecule has 5 nitrogen and oxygen atoms in total. The lowest BCUT2D eigenvalue weighted by molar-refractivity contribution is -0.275. The Labute approximate surface area is 138 Å². The van der Waals surface area contributed by atoms with Gasteiger partial charge in [0.25, 0.3) is 0 Å². The van der Waals surface area contributed by atoms with E-state index in [0.29, 0.717) is 12.3 Å². The van der Waals surface area contributed by atoms with Crippen molar-refractivity contribution >= 4 is 15.8 Å². The molecule has 0 heterocycles. The van der Waals surface area contributed by atoms with E-state index in [2.05, 4.69) is 4.74 Å². The van der Waals surface area contributed by atoms with Crippen molar-refractivity contribution in [1.82, 2.24) is 0 Å². The highest BCUT2D eigenvalue weighted by molar-refractivity contribution is 7.90. The Balaban J connectivity index is 3.00. The van der Waals surface area contributed by atoms with Crippen molar-refractivity contribution in [2.24, 2.45) is 5.92 Å². The molecular weight excluding hydrogens is 349 g/mol. The number of hydrogen-bond donors (Lipinski definition) is 0. The van der Waals surface area contributed by atoms with E-state index in [9.17, 15) is 26.4 Å². The molecule has 0 fully saturated rings. The first kappa shape index (κ1) is 20.3. The van der Waals surface area contributed by atoms with Crippen molar-refractivity contribution in [3.63, 3.8) is 0 Å². The third kappa shape index (κ3) is 6.38. The van der Waals surface area contributed by atoms with Crippen LogP contribution in [-0.2, 0) is 14.6 Å². The summed E-state index contributed by atoms with van der Waals surface area (Å²) in [5, 5.41) is 0. The molecule has 0 amide bonds. The van der Waals surface area contributed by atoms with Gasteiger partial charge < -0.3 is 9.47 Å². The molecule has 0 radical (unpaired) electrons. The minimum absolute atomic E-state index is 0.142. The van der Waals surface area contributed by atoms with Gasteiger partial charge in [-0.15, -0.1) is 13.2 Å². The van der Waals surface area contributed by atoms with Crippen LogP contribution in [0.1, 0.15) is 37.0 Å². The van der Waals surface area contributed by atoms with Crippen LogP contribution in [-0.4, -0.2) is 33.6 Å². The second kappa shape index (κ2) is 7.87. The van der Waals surface area contributed by atoms with E-state index in [1.54, 1.807) is 0 Å². The van der Waals surface area contributed by atoms with E-state index in [-0.39, 0.29) is 12.2 Å². The topological polar surface area (TPSA) is 69.7 Å². The Kier molecular flexibility index (Phi) is 6.65. The van der Waals surface area contributed by atoms with Gasteiger partial charge in [-0.25, -0.2) is 13.2 Å². The van der Waals surface area contributed by atoms with Crippen molar-refractivity contribution in [3.05, 3.63) is 23.8 Å². The molecule has 0 aromatic heterocycles. The highest BCUT2D eigenvalue weighted by Gasteiger charge is 2.33. The molecule has 1 aromatic rings. The van der Waals surface area contributed by atoms with Gasteiger partial charge in [0.15, 0.2) is 9.84 Å². The molecule has 0 aliphatic carbocycles. The molecule has 9 heteroatoms. The van der Waals surface area contributed by atoms with E-state index < -0.39 is 32.8 Å². The summed E-state index contributed by atoms with van der Waals surface area (Å²) in [4.78, 5) is 11.2. The lowest BCUT2D eigenvalue weighted by Gasteiger charge is -2.13. The Morgan fingerprint density at radius 2 is 1.92 bits per heavy atom. The summed E-state index contributed by atoms with van der Waals surface area (Å²) >= 11 is 0. The molecule has 0 aliphatic rings. The summed E-state index contributed by atoms with van der Waals surface area (Å²) in [6, 6.07) is 2.64. The minimum Gasteiger partial charge on any atom is -0.462 e. The first-order chi connectivity index (χ1) is 10.9. The second-order valence-corrected chi connectivity index (χ2v) is 7.40. The molecule has 0 spiro atoms. The van der Waals surface area contributed by atoms with Crippen molar-refractivity contribution < 1.29 is 35.9 Å². The Morgan fingerprint density at radius 1 is 1.29 bits per heavy atom. The summed E-state index contributed by atoms with van der Waals surface area (Å²) in [5.41, 5.74) is -0.158. The molecule has 1 unspecified atom stereocenters. The quantitative estimate of drug-likeness (QED) is 0.688. The van der Waals surface area contributed by atoms with E-state index in [0.717, 1.165) is 30.9 Å². The number of carbonyl (C=O) groups is 1. The zero-order chi connectivity index (χ0) is 18.5. The normalized spacial score (nSPS) is 13.4. The number of rotatable bonds is 7. The molecule has 24 heavy (non-hydrogen) atoms. The molecule has 0 saturated heterocycles. The lowest BCUT2D eigenvalue weighted by atomic mass is 10.1. The zero-order valence-corrected chi connectivity index (χ0v) is 14.3. The minimum atomic E-state index is -5.04. The number of carbonyl (C=O) groups excluding carboxylic acids is 1. The van der Waals surface area contributed by atoms with E-state index in [1.807, 2.05) is 13.8 Å². The zero-order valence-electron chi connectivity index (χ0n) is 13.5. The molecule has 136 valence electrons. The summed E-state index contributed by atoms with van der Waals surface area (Å²) in [6.07, 6.45) is -2.77. The molecule has 1 atom stereocenters. The fraction of sp³-hybridized carbons (Fsp3) is 0.533. The van der Waals surface area contributed by atoms with Gasteiger partial charge >= 0.3 is 12.3 Å². The number of hydrogen-bond acceptors (Lipinski definition) is 5. The molecule has 0 aliphatic heterocycles. The molecule has 0 saturated carbocycles. The van der Waals surface area contributed by atoms with Crippen molar-refractivity contribution in [2.45, 2.75) is 37.9 Å². The van der Waals surface area contributed by atoms with Crippen LogP contribution in [0.5, 0.6) is 5.75 Å². The van der Waals surface area contributed by atoms with E-state index >= 15 is 0 Å². The third-order valence-electron chi connectivity index (χ3n) is 3.35. The van der Waals surface area contributed by atoms with Gasteiger partial charge in [-0.1, -0.05) is 20.3 Å². The van der Waals surface area contributed by atoms with Crippen LogP contribution in [0.25, 0.3) is 0 Å².